The number of rotatable bonds is 8. The van der Waals surface area contributed by atoms with Crippen molar-refractivity contribution in [2.75, 3.05) is 52.2 Å². The third-order valence-corrected chi connectivity index (χ3v) is 5.68. The lowest BCUT2D eigenvalue weighted by atomic mass is 10.1. The molecular weight excluding hydrogens is 499 g/mol. The zero-order valence-electron chi connectivity index (χ0n) is 17.1. The number of guanidine groups is 1. The monoisotopic (exact) mass is 530 g/mol. The van der Waals surface area contributed by atoms with E-state index in [0.717, 1.165) is 62.6 Å². The fraction of sp³-hybridized carbons (Fsp3) is 0.476. The summed E-state index contributed by atoms with van der Waals surface area (Å²) in [5, 5.41) is 6.86. The molecule has 1 fully saturated rings. The van der Waals surface area contributed by atoms with Crippen molar-refractivity contribution in [3.8, 4) is 0 Å². The molecule has 1 aromatic carbocycles. The van der Waals surface area contributed by atoms with Crippen molar-refractivity contribution >= 4 is 41.7 Å². The van der Waals surface area contributed by atoms with Crippen LogP contribution >= 0.6 is 35.7 Å². The SMILES string of the molecule is CN=C(NCCSc1ccccc1)NCC(c1ccc(C)o1)N1CCOCC1.I. The summed E-state index contributed by atoms with van der Waals surface area (Å²) in [5.74, 6) is 3.72. The van der Waals surface area contributed by atoms with Gasteiger partial charge in [-0.1, -0.05) is 18.2 Å². The van der Waals surface area contributed by atoms with Crippen LogP contribution < -0.4 is 10.6 Å². The molecule has 2 heterocycles. The molecule has 1 unspecified atom stereocenters. The average Bonchev–Trinajstić information content (AvgIpc) is 3.17. The molecule has 0 amide bonds. The summed E-state index contributed by atoms with van der Waals surface area (Å²) in [6.07, 6.45) is 0. The van der Waals surface area contributed by atoms with E-state index in [-0.39, 0.29) is 30.0 Å². The summed E-state index contributed by atoms with van der Waals surface area (Å²) in [4.78, 5) is 8.05. The van der Waals surface area contributed by atoms with Gasteiger partial charge in [-0.05, 0) is 31.2 Å². The van der Waals surface area contributed by atoms with Crippen LogP contribution in [0.5, 0.6) is 0 Å². The van der Waals surface area contributed by atoms with Crippen LogP contribution in [0.1, 0.15) is 17.6 Å². The molecule has 1 aromatic heterocycles. The van der Waals surface area contributed by atoms with Crippen molar-refractivity contribution in [1.82, 2.24) is 15.5 Å². The summed E-state index contributed by atoms with van der Waals surface area (Å²) < 4.78 is 11.4. The Kier molecular flexibility index (Phi) is 10.9. The van der Waals surface area contributed by atoms with Crippen LogP contribution in [0.15, 0.2) is 56.8 Å². The number of halogens is 1. The highest BCUT2D eigenvalue weighted by Crippen LogP contribution is 2.23. The number of nitrogens with one attached hydrogen (secondary N) is 2. The number of nitrogens with zero attached hydrogens (tertiary/aromatic N) is 2. The molecule has 6 nitrogen and oxygen atoms in total. The van der Waals surface area contributed by atoms with Gasteiger partial charge >= 0.3 is 0 Å². The lowest BCUT2D eigenvalue weighted by molar-refractivity contribution is 0.0124. The molecule has 0 saturated carbocycles. The van der Waals surface area contributed by atoms with Gasteiger partial charge in [0, 0.05) is 43.9 Å². The quantitative estimate of drug-likeness (QED) is 0.179. The number of aryl methyl sites for hydroxylation is 1. The second-order valence-corrected chi connectivity index (χ2v) is 7.82. The first kappa shape index (κ1) is 24.0. The first-order chi connectivity index (χ1) is 13.8. The fourth-order valence-corrected chi connectivity index (χ4v) is 3.99. The minimum absolute atomic E-state index is 0. The Morgan fingerprint density at radius 1 is 1.14 bits per heavy atom. The number of ether oxygens (including phenoxy) is 1. The number of benzene rings is 1. The molecule has 1 saturated heterocycles. The van der Waals surface area contributed by atoms with Crippen LogP contribution in [0, 0.1) is 6.92 Å². The first-order valence-electron chi connectivity index (χ1n) is 9.77. The number of hydrogen-bond acceptors (Lipinski definition) is 5. The van der Waals surface area contributed by atoms with Crippen molar-refractivity contribution < 1.29 is 9.15 Å². The topological polar surface area (TPSA) is 62.0 Å². The maximum absolute atomic E-state index is 5.93. The highest BCUT2D eigenvalue weighted by molar-refractivity contribution is 14.0. The minimum Gasteiger partial charge on any atom is -0.465 e. The van der Waals surface area contributed by atoms with Gasteiger partial charge in [0.1, 0.15) is 11.5 Å². The molecule has 2 N–H and O–H groups in total. The fourth-order valence-electron chi connectivity index (χ4n) is 3.20. The Morgan fingerprint density at radius 3 is 2.55 bits per heavy atom. The van der Waals surface area contributed by atoms with Crippen molar-refractivity contribution in [1.29, 1.82) is 0 Å². The molecule has 2 aromatic rings. The van der Waals surface area contributed by atoms with E-state index in [1.165, 1.54) is 4.90 Å². The average molecular weight is 530 g/mol. The molecule has 160 valence electrons. The largest absolute Gasteiger partial charge is 0.465 e. The second kappa shape index (κ2) is 13.1. The van der Waals surface area contributed by atoms with Gasteiger partial charge in [0.25, 0.3) is 0 Å². The predicted molar refractivity (Wildman–Crippen MR) is 131 cm³/mol. The molecule has 1 atom stereocenters. The van der Waals surface area contributed by atoms with Gasteiger partial charge in [0.05, 0.1) is 19.3 Å². The number of thioether (sulfide) groups is 1. The Morgan fingerprint density at radius 2 is 1.90 bits per heavy atom. The molecule has 0 bridgehead atoms. The summed E-state index contributed by atoms with van der Waals surface area (Å²) in [5.41, 5.74) is 0. The molecule has 0 radical (unpaired) electrons. The van der Waals surface area contributed by atoms with Crippen LogP contribution in [0.2, 0.25) is 0 Å². The maximum atomic E-state index is 5.93. The first-order valence-corrected chi connectivity index (χ1v) is 10.8. The van der Waals surface area contributed by atoms with E-state index in [0.29, 0.717) is 0 Å². The van der Waals surface area contributed by atoms with E-state index in [9.17, 15) is 0 Å². The molecule has 29 heavy (non-hydrogen) atoms. The Bertz CT molecular complexity index is 735. The highest BCUT2D eigenvalue weighted by Gasteiger charge is 2.25. The summed E-state index contributed by atoms with van der Waals surface area (Å²) >= 11 is 1.84. The zero-order chi connectivity index (χ0) is 19.6. The molecule has 1 aliphatic rings. The van der Waals surface area contributed by atoms with E-state index < -0.39 is 0 Å². The van der Waals surface area contributed by atoms with Crippen LogP contribution in [0.3, 0.4) is 0 Å². The summed E-state index contributed by atoms with van der Waals surface area (Å²) in [6, 6.07) is 14.7. The molecular formula is C21H31IN4O2S. The van der Waals surface area contributed by atoms with Gasteiger partial charge in [-0.25, -0.2) is 0 Å². The van der Waals surface area contributed by atoms with E-state index in [1.807, 2.05) is 30.8 Å². The Balaban J connectivity index is 0.00000300. The number of morpholine rings is 1. The van der Waals surface area contributed by atoms with Crippen molar-refractivity contribution in [2.45, 2.75) is 17.9 Å². The van der Waals surface area contributed by atoms with Gasteiger partial charge < -0.3 is 19.8 Å². The number of aliphatic imine (C=N–C) groups is 1. The van der Waals surface area contributed by atoms with Gasteiger partial charge in [-0.2, -0.15) is 0 Å². The van der Waals surface area contributed by atoms with Crippen molar-refractivity contribution in [3.63, 3.8) is 0 Å². The molecule has 8 heteroatoms. The van der Waals surface area contributed by atoms with E-state index in [4.69, 9.17) is 9.15 Å². The summed E-state index contributed by atoms with van der Waals surface area (Å²) in [6.45, 7) is 6.91. The van der Waals surface area contributed by atoms with Crippen LogP contribution in [-0.4, -0.2) is 63.1 Å². The van der Waals surface area contributed by atoms with Gasteiger partial charge in [-0.15, -0.1) is 35.7 Å². The van der Waals surface area contributed by atoms with E-state index in [2.05, 4.69) is 50.9 Å². The third-order valence-electron chi connectivity index (χ3n) is 4.67. The lowest BCUT2D eigenvalue weighted by Gasteiger charge is -2.33. The second-order valence-electron chi connectivity index (χ2n) is 6.65. The summed E-state index contributed by atoms with van der Waals surface area (Å²) in [7, 11) is 1.81. The van der Waals surface area contributed by atoms with Crippen molar-refractivity contribution in [2.24, 2.45) is 4.99 Å². The van der Waals surface area contributed by atoms with E-state index >= 15 is 0 Å². The molecule has 0 aliphatic carbocycles. The van der Waals surface area contributed by atoms with Crippen LogP contribution in [-0.2, 0) is 4.74 Å². The van der Waals surface area contributed by atoms with Crippen LogP contribution in [0.4, 0.5) is 0 Å². The molecule has 3 rings (SSSR count). The normalized spacial score (nSPS) is 16.1. The third kappa shape index (κ3) is 7.84. The Labute approximate surface area is 194 Å². The van der Waals surface area contributed by atoms with Crippen LogP contribution in [0.25, 0.3) is 0 Å². The zero-order valence-corrected chi connectivity index (χ0v) is 20.2. The Hall–Kier alpha value is -1.23. The van der Waals surface area contributed by atoms with E-state index in [1.54, 1.807) is 7.05 Å². The predicted octanol–water partition coefficient (Wildman–Crippen LogP) is 3.54. The number of hydrogen-bond donors (Lipinski definition) is 2. The smallest absolute Gasteiger partial charge is 0.191 e. The minimum atomic E-state index is 0. The standard InChI is InChI=1S/C21H30N4O2S.HI/c1-17-8-9-20(27-17)19(25-11-13-26-14-12-25)16-24-21(22-2)23-10-15-28-18-6-4-3-5-7-18;/h3-9,19H,10-16H2,1-2H3,(H2,22,23,24);1H. The lowest BCUT2D eigenvalue weighted by Crippen LogP contribution is -2.46. The van der Waals surface area contributed by atoms with Crippen molar-refractivity contribution in [3.05, 3.63) is 54.0 Å². The molecule has 0 spiro atoms. The number of furan rings is 1. The van der Waals surface area contributed by atoms with Gasteiger partial charge in [0.15, 0.2) is 5.96 Å². The maximum Gasteiger partial charge on any atom is 0.191 e. The molecule has 1 aliphatic heterocycles. The highest BCUT2D eigenvalue weighted by atomic mass is 127. The van der Waals surface area contributed by atoms with Gasteiger partial charge in [-0.3, -0.25) is 9.89 Å². The van der Waals surface area contributed by atoms with Gasteiger partial charge in [0.2, 0.25) is 0 Å².